The molecule has 0 saturated carbocycles. The number of hydroxylamine groups is 2. The molecule has 0 atom stereocenters. The maximum absolute atomic E-state index is 12.4. The molecule has 0 saturated heterocycles. The average Bonchev–Trinajstić information content (AvgIpc) is 2.69. The second-order valence-electron chi connectivity index (χ2n) is 5.93. The number of hydrogen-bond donors (Lipinski definition) is 1. The Balaban J connectivity index is 2.83. The van der Waals surface area contributed by atoms with Gasteiger partial charge in [0.15, 0.2) is 0 Å². The fraction of sp³-hybridized carbons (Fsp3) is 0.400. The summed E-state index contributed by atoms with van der Waals surface area (Å²) in [6.45, 7) is 3.36. The molecule has 0 radical (unpaired) electrons. The Morgan fingerprint density at radius 3 is 2.31 bits per heavy atom. The largest absolute Gasteiger partial charge is 0.478 e. The van der Waals surface area contributed by atoms with Crippen LogP contribution in [-0.4, -0.2) is 60.9 Å². The van der Waals surface area contributed by atoms with Crippen LogP contribution in [0, 0.1) is 0 Å². The maximum atomic E-state index is 12.4. The molecule has 0 bridgehead atoms. The lowest BCUT2D eigenvalue weighted by Crippen LogP contribution is -2.36. The van der Waals surface area contributed by atoms with Crippen molar-refractivity contribution < 1.29 is 38.6 Å². The smallest absolute Gasteiger partial charge is 0.358 e. The molecule has 9 heteroatoms. The molecular formula is C20H25NO8. The first-order valence-electron chi connectivity index (χ1n) is 8.97. The van der Waals surface area contributed by atoms with E-state index in [1.54, 1.807) is 19.1 Å². The average molecular weight is 407 g/mol. The van der Waals surface area contributed by atoms with Gasteiger partial charge in [-0.15, -0.1) is 0 Å². The number of methoxy groups -OCH3 is 1. The number of carbonyl (C=O) groups excluding carboxylic acids is 3. The van der Waals surface area contributed by atoms with E-state index >= 15 is 0 Å². The van der Waals surface area contributed by atoms with Gasteiger partial charge in [0.1, 0.15) is 0 Å². The summed E-state index contributed by atoms with van der Waals surface area (Å²) in [4.78, 5) is 52.2. The van der Waals surface area contributed by atoms with Crippen molar-refractivity contribution in [2.45, 2.75) is 26.7 Å². The van der Waals surface area contributed by atoms with Gasteiger partial charge in [0, 0.05) is 12.7 Å². The van der Waals surface area contributed by atoms with Crippen LogP contribution in [0.25, 0.3) is 6.08 Å². The second kappa shape index (κ2) is 12.3. The molecule has 1 N–H and O–H groups in total. The first-order valence-corrected chi connectivity index (χ1v) is 8.97. The maximum Gasteiger partial charge on any atom is 0.358 e. The lowest BCUT2D eigenvalue weighted by Gasteiger charge is -2.21. The third kappa shape index (κ3) is 8.56. The Hall–Kier alpha value is -3.20. The van der Waals surface area contributed by atoms with Gasteiger partial charge in [-0.1, -0.05) is 12.1 Å². The van der Waals surface area contributed by atoms with E-state index in [4.69, 9.17) is 19.4 Å². The van der Waals surface area contributed by atoms with Crippen LogP contribution >= 0.6 is 0 Å². The van der Waals surface area contributed by atoms with Gasteiger partial charge in [-0.25, -0.2) is 9.59 Å². The van der Waals surface area contributed by atoms with E-state index in [2.05, 4.69) is 0 Å². The number of hydrogen-bond acceptors (Lipinski definition) is 7. The molecule has 0 heterocycles. The molecule has 0 unspecified atom stereocenters. The number of nitrogens with zero attached hydrogens (tertiary/aromatic N) is 1. The minimum Gasteiger partial charge on any atom is -0.478 e. The van der Waals surface area contributed by atoms with E-state index in [0.29, 0.717) is 5.56 Å². The fourth-order valence-electron chi connectivity index (χ4n) is 2.16. The van der Waals surface area contributed by atoms with Crippen LogP contribution in [0.15, 0.2) is 29.8 Å². The number of amides is 1. The third-order valence-corrected chi connectivity index (χ3v) is 3.68. The summed E-state index contributed by atoms with van der Waals surface area (Å²) in [6.07, 6.45) is 1.35. The van der Waals surface area contributed by atoms with Crippen molar-refractivity contribution in [1.29, 1.82) is 0 Å². The molecule has 0 aliphatic carbocycles. The molecule has 1 amide bonds. The first kappa shape index (κ1) is 23.8. The summed E-state index contributed by atoms with van der Waals surface area (Å²) in [5.74, 6) is -2.85. The van der Waals surface area contributed by atoms with Crippen LogP contribution in [0.1, 0.15) is 42.6 Å². The molecule has 0 fully saturated rings. The minimum atomic E-state index is -1.05. The molecule has 29 heavy (non-hydrogen) atoms. The van der Waals surface area contributed by atoms with Crippen molar-refractivity contribution in [1.82, 2.24) is 5.06 Å². The van der Waals surface area contributed by atoms with Crippen molar-refractivity contribution >= 4 is 29.9 Å². The molecular weight excluding hydrogens is 382 g/mol. The number of esters is 1. The normalized spacial score (nSPS) is 10.9. The van der Waals surface area contributed by atoms with E-state index in [0.717, 1.165) is 5.06 Å². The number of carboxylic acid groups (broad SMARTS) is 1. The summed E-state index contributed by atoms with van der Waals surface area (Å²) in [6, 6.07) is 5.91. The summed E-state index contributed by atoms with van der Waals surface area (Å²) < 4.78 is 9.67. The topological polar surface area (TPSA) is 119 Å². The molecule has 0 aromatic heterocycles. The summed E-state index contributed by atoms with van der Waals surface area (Å²) >= 11 is 0. The van der Waals surface area contributed by atoms with E-state index in [1.165, 1.54) is 32.2 Å². The van der Waals surface area contributed by atoms with Crippen LogP contribution in [0.5, 0.6) is 0 Å². The van der Waals surface area contributed by atoms with Crippen molar-refractivity contribution in [2.24, 2.45) is 0 Å². The van der Waals surface area contributed by atoms with Crippen LogP contribution in [0.2, 0.25) is 0 Å². The Bertz CT molecular complexity index is 754. The predicted molar refractivity (Wildman–Crippen MR) is 103 cm³/mol. The molecule has 0 aliphatic rings. The highest BCUT2D eigenvalue weighted by molar-refractivity contribution is 5.94. The zero-order chi connectivity index (χ0) is 21.8. The highest BCUT2D eigenvalue weighted by atomic mass is 16.7. The molecule has 158 valence electrons. The number of carboxylic acids is 1. The van der Waals surface area contributed by atoms with Crippen LogP contribution in [-0.2, 0) is 28.7 Å². The van der Waals surface area contributed by atoms with Crippen LogP contribution in [0.4, 0.5) is 0 Å². The highest BCUT2D eigenvalue weighted by Crippen LogP contribution is 2.12. The zero-order valence-corrected chi connectivity index (χ0v) is 16.7. The number of carbonyl (C=O) groups is 4. The number of rotatable bonds is 10. The summed E-state index contributed by atoms with van der Waals surface area (Å²) in [7, 11) is 1.44. The van der Waals surface area contributed by atoms with Gasteiger partial charge in [-0.3, -0.25) is 9.59 Å². The van der Waals surface area contributed by atoms with Gasteiger partial charge in [0.05, 0.1) is 38.2 Å². The molecule has 9 nitrogen and oxygen atoms in total. The van der Waals surface area contributed by atoms with E-state index in [1.807, 2.05) is 0 Å². The van der Waals surface area contributed by atoms with Gasteiger partial charge >= 0.3 is 17.9 Å². The lowest BCUT2D eigenvalue weighted by atomic mass is 10.1. The second-order valence-corrected chi connectivity index (χ2v) is 5.93. The molecule has 1 rings (SSSR count). The van der Waals surface area contributed by atoms with Gasteiger partial charge in [0.25, 0.3) is 5.91 Å². The Labute approximate surface area is 168 Å². The van der Waals surface area contributed by atoms with Crippen LogP contribution < -0.4 is 0 Å². The van der Waals surface area contributed by atoms with Gasteiger partial charge < -0.3 is 19.4 Å². The SMILES string of the molecule is CCOC(=O)CCN(OC(=O)C(C)=Cc1ccc(C(=O)O)cc1)C(=O)CCOC. The van der Waals surface area contributed by atoms with Crippen molar-refractivity contribution in [3.05, 3.63) is 41.0 Å². The molecule has 1 aromatic carbocycles. The van der Waals surface area contributed by atoms with Gasteiger partial charge in [-0.05, 0) is 37.6 Å². The fourth-order valence-corrected chi connectivity index (χ4v) is 2.16. The third-order valence-electron chi connectivity index (χ3n) is 3.68. The number of aromatic carboxylic acids is 1. The Morgan fingerprint density at radius 2 is 1.76 bits per heavy atom. The Kier molecular flexibility index (Phi) is 10.1. The van der Waals surface area contributed by atoms with Gasteiger partial charge in [0.2, 0.25) is 0 Å². The minimum absolute atomic E-state index is 0.0218. The monoisotopic (exact) mass is 407 g/mol. The van der Waals surface area contributed by atoms with Crippen molar-refractivity contribution in [2.75, 3.05) is 26.9 Å². The summed E-state index contributed by atoms with van der Waals surface area (Å²) in [5.41, 5.74) is 0.901. The lowest BCUT2D eigenvalue weighted by molar-refractivity contribution is -0.196. The number of benzene rings is 1. The molecule has 0 spiro atoms. The zero-order valence-electron chi connectivity index (χ0n) is 16.7. The van der Waals surface area contributed by atoms with E-state index in [-0.39, 0.29) is 43.7 Å². The first-order chi connectivity index (χ1) is 13.8. The predicted octanol–water partition coefficient (Wildman–Crippen LogP) is 2.06. The summed E-state index contributed by atoms with van der Waals surface area (Å²) in [5, 5.41) is 9.74. The van der Waals surface area contributed by atoms with Crippen molar-refractivity contribution in [3.63, 3.8) is 0 Å². The molecule has 1 aromatic rings. The highest BCUT2D eigenvalue weighted by Gasteiger charge is 2.21. The van der Waals surface area contributed by atoms with E-state index < -0.39 is 23.8 Å². The molecule has 0 aliphatic heterocycles. The van der Waals surface area contributed by atoms with Crippen LogP contribution in [0.3, 0.4) is 0 Å². The van der Waals surface area contributed by atoms with Crippen molar-refractivity contribution in [3.8, 4) is 0 Å². The Morgan fingerprint density at radius 1 is 1.10 bits per heavy atom. The van der Waals surface area contributed by atoms with Gasteiger partial charge in [-0.2, -0.15) is 5.06 Å². The number of ether oxygens (including phenoxy) is 2. The standard InChI is InChI=1S/C20H25NO8/c1-4-28-18(23)9-11-21(17(22)10-12-27-3)29-20(26)14(2)13-15-5-7-16(8-6-15)19(24)25/h5-8,13H,4,9-12H2,1-3H3,(H,24,25). The quantitative estimate of drug-likeness (QED) is 0.356. The van der Waals surface area contributed by atoms with E-state index in [9.17, 15) is 19.2 Å².